The Labute approximate surface area is 145 Å². The summed E-state index contributed by atoms with van der Waals surface area (Å²) in [5, 5.41) is 10.1. The van der Waals surface area contributed by atoms with E-state index in [1.807, 2.05) is 51.1 Å². The van der Waals surface area contributed by atoms with Gasteiger partial charge in [0, 0.05) is 16.3 Å². The lowest BCUT2D eigenvalue weighted by Gasteiger charge is -2.14. The summed E-state index contributed by atoms with van der Waals surface area (Å²) >= 11 is 3.18. The molecule has 0 saturated heterocycles. The number of rotatable bonds is 7. The van der Waals surface area contributed by atoms with Crippen molar-refractivity contribution in [1.29, 1.82) is 0 Å². The van der Waals surface area contributed by atoms with Crippen molar-refractivity contribution in [2.24, 2.45) is 0 Å². The molecule has 0 unspecified atom stereocenters. The number of aryl methyl sites for hydroxylation is 2. The predicted molar refractivity (Wildman–Crippen MR) is 99.4 cm³/mol. The maximum atomic E-state index is 12.3. The summed E-state index contributed by atoms with van der Waals surface area (Å²) < 4.78 is 0. The van der Waals surface area contributed by atoms with Crippen molar-refractivity contribution in [2.45, 2.75) is 35.8 Å². The molecule has 1 amide bonds. The molecular weight excluding hydrogens is 326 g/mol. The molecule has 0 spiro atoms. The summed E-state index contributed by atoms with van der Waals surface area (Å²) in [6.45, 7) is 9.56. The van der Waals surface area contributed by atoms with E-state index in [0.29, 0.717) is 0 Å². The van der Waals surface area contributed by atoms with Crippen LogP contribution in [0, 0.1) is 13.8 Å². The van der Waals surface area contributed by atoms with Crippen LogP contribution in [0.1, 0.15) is 18.3 Å². The summed E-state index contributed by atoms with van der Waals surface area (Å²) in [4.78, 5) is 14.4. The lowest BCUT2D eigenvalue weighted by atomic mass is 10.3. The molecular formula is C17H21N3OS2. The molecule has 2 aromatic rings. The van der Waals surface area contributed by atoms with Gasteiger partial charge in [0.2, 0.25) is 5.91 Å². The lowest BCUT2D eigenvalue weighted by Crippen LogP contribution is -2.23. The zero-order valence-corrected chi connectivity index (χ0v) is 15.2. The van der Waals surface area contributed by atoms with Crippen LogP contribution in [-0.2, 0) is 4.79 Å². The number of carbonyl (C=O) groups excluding carboxylic acids is 1. The first-order valence-corrected chi connectivity index (χ1v) is 9.21. The highest BCUT2D eigenvalue weighted by molar-refractivity contribution is 8.00. The Hall–Kier alpha value is -1.66. The van der Waals surface area contributed by atoms with Gasteiger partial charge < -0.3 is 5.32 Å². The average Bonchev–Trinajstić information content (AvgIpc) is 2.86. The highest BCUT2D eigenvalue weighted by Gasteiger charge is 2.16. The third kappa shape index (κ3) is 4.65. The number of carbonyl (C=O) groups is 1. The van der Waals surface area contributed by atoms with Gasteiger partial charge in [-0.1, -0.05) is 30.0 Å². The second kappa shape index (κ2) is 8.26. The molecule has 6 heteroatoms. The van der Waals surface area contributed by atoms with Crippen molar-refractivity contribution in [3.63, 3.8) is 0 Å². The monoisotopic (exact) mass is 347 g/mol. The number of anilines is 1. The van der Waals surface area contributed by atoms with Crippen LogP contribution >= 0.6 is 23.5 Å². The number of thioether (sulfide) groups is 1. The van der Waals surface area contributed by atoms with Crippen LogP contribution in [0.2, 0.25) is 0 Å². The maximum Gasteiger partial charge on any atom is 0.237 e. The first-order chi connectivity index (χ1) is 11.0. The van der Waals surface area contributed by atoms with Gasteiger partial charge in [-0.05, 0) is 32.9 Å². The van der Waals surface area contributed by atoms with E-state index in [4.69, 9.17) is 0 Å². The molecule has 1 atom stereocenters. The fraction of sp³-hybridized carbons (Fsp3) is 0.294. The number of para-hydroxylation sites is 1. The molecule has 23 heavy (non-hydrogen) atoms. The van der Waals surface area contributed by atoms with Gasteiger partial charge in [-0.3, -0.25) is 9.89 Å². The van der Waals surface area contributed by atoms with E-state index in [9.17, 15) is 4.79 Å². The molecule has 4 nitrogen and oxygen atoms in total. The van der Waals surface area contributed by atoms with Gasteiger partial charge >= 0.3 is 0 Å². The highest BCUT2D eigenvalue weighted by atomic mass is 32.2. The van der Waals surface area contributed by atoms with Crippen molar-refractivity contribution in [3.8, 4) is 0 Å². The van der Waals surface area contributed by atoms with Crippen LogP contribution in [0.15, 0.2) is 46.7 Å². The van der Waals surface area contributed by atoms with Crippen molar-refractivity contribution < 1.29 is 4.79 Å². The van der Waals surface area contributed by atoms with Gasteiger partial charge in [0.05, 0.1) is 21.5 Å². The van der Waals surface area contributed by atoms with Crippen LogP contribution in [0.5, 0.6) is 0 Å². The molecule has 1 aromatic carbocycles. The number of benzene rings is 1. The average molecular weight is 348 g/mol. The van der Waals surface area contributed by atoms with Gasteiger partial charge in [0.1, 0.15) is 0 Å². The maximum absolute atomic E-state index is 12.3. The van der Waals surface area contributed by atoms with E-state index in [2.05, 4.69) is 22.1 Å². The number of aromatic nitrogens is 2. The first-order valence-electron chi connectivity index (χ1n) is 7.34. The van der Waals surface area contributed by atoms with Gasteiger partial charge in [-0.15, -0.1) is 18.3 Å². The largest absolute Gasteiger partial charge is 0.324 e. The Morgan fingerprint density at radius 3 is 2.83 bits per heavy atom. The Bertz CT molecular complexity index is 677. The third-order valence-electron chi connectivity index (χ3n) is 3.25. The van der Waals surface area contributed by atoms with Gasteiger partial charge in [0.15, 0.2) is 0 Å². The van der Waals surface area contributed by atoms with Crippen molar-refractivity contribution in [3.05, 3.63) is 48.3 Å². The van der Waals surface area contributed by atoms with Crippen LogP contribution in [0.3, 0.4) is 0 Å². The zero-order valence-electron chi connectivity index (χ0n) is 13.6. The van der Waals surface area contributed by atoms with Gasteiger partial charge in [0.25, 0.3) is 0 Å². The van der Waals surface area contributed by atoms with Crippen LogP contribution in [-0.4, -0.2) is 27.1 Å². The van der Waals surface area contributed by atoms with Crippen molar-refractivity contribution in [2.75, 3.05) is 11.1 Å². The predicted octanol–water partition coefficient (Wildman–Crippen LogP) is 4.42. The SMILES string of the molecule is C=CCS[C@@H](C)C(=O)Nc1ccccc1Sc1c(C)n[nH]c1C. The summed E-state index contributed by atoms with van der Waals surface area (Å²) in [6.07, 6.45) is 1.81. The molecule has 0 aliphatic rings. The molecule has 0 fully saturated rings. The Morgan fingerprint density at radius 1 is 1.43 bits per heavy atom. The van der Waals surface area contributed by atoms with E-state index >= 15 is 0 Å². The molecule has 0 saturated carbocycles. The van der Waals surface area contributed by atoms with Crippen molar-refractivity contribution >= 4 is 35.1 Å². The minimum atomic E-state index is -0.122. The van der Waals surface area contributed by atoms with E-state index in [1.54, 1.807) is 23.5 Å². The molecule has 2 N–H and O–H groups in total. The third-order valence-corrected chi connectivity index (χ3v) is 5.77. The Morgan fingerprint density at radius 2 is 2.17 bits per heavy atom. The molecule has 0 aliphatic carbocycles. The van der Waals surface area contributed by atoms with E-state index in [0.717, 1.165) is 32.6 Å². The van der Waals surface area contributed by atoms with Gasteiger partial charge in [-0.25, -0.2) is 0 Å². The van der Waals surface area contributed by atoms with E-state index in [1.165, 1.54) is 0 Å². The summed E-state index contributed by atoms with van der Waals surface area (Å²) in [7, 11) is 0. The number of aromatic amines is 1. The fourth-order valence-corrected chi connectivity index (χ4v) is 3.60. The van der Waals surface area contributed by atoms with Gasteiger partial charge in [-0.2, -0.15) is 5.10 Å². The second-order valence-corrected chi connectivity index (χ2v) is 7.54. The van der Waals surface area contributed by atoms with E-state index < -0.39 is 0 Å². The quantitative estimate of drug-likeness (QED) is 0.728. The first kappa shape index (κ1) is 17.7. The molecule has 0 radical (unpaired) electrons. The fourth-order valence-electron chi connectivity index (χ4n) is 1.98. The molecule has 0 aliphatic heterocycles. The summed E-state index contributed by atoms with van der Waals surface area (Å²) in [5.74, 6) is 0.767. The number of H-pyrrole nitrogens is 1. The summed E-state index contributed by atoms with van der Waals surface area (Å²) in [5.41, 5.74) is 2.82. The van der Waals surface area contributed by atoms with Crippen LogP contribution in [0.25, 0.3) is 0 Å². The molecule has 0 bridgehead atoms. The van der Waals surface area contributed by atoms with E-state index in [-0.39, 0.29) is 11.2 Å². The molecule has 122 valence electrons. The number of nitrogens with one attached hydrogen (secondary N) is 2. The minimum absolute atomic E-state index is 0.00513. The second-order valence-electron chi connectivity index (χ2n) is 5.11. The standard InChI is InChI=1S/C17H21N3OS2/c1-5-10-22-13(4)17(21)18-14-8-6-7-9-15(14)23-16-11(2)19-20-12(16)3/h5-9,13H,1,10H2,2-4H3,(H,18,21)(H,19,20)/t13-/m0/s1. The normalized spacial score (nSPS) is 12.0. The smallest absolute Gasteiger partial charge is 0.237 e. The number of hydrogen-bond donors (Lipinski definition) is 2. The Balaban J connectivity index is 2.14. The number of amides is 1. The van der Waals surface area contributed by atoms with Crippen LogP contribution in [0.4, 0.5) is 5.69 Å². The lowest BCUT2D eigenvalue weighted by molar-refractivity contribution is -0.115. The highest BCUT2D eigenvalue weighted by Crippen LogP contribution is 2.36. The Kier molecular flexibility index (Phi) is 6.36. The number of hydrogen-bond acceptors (Lipinski definition) is 4. The molecule has 2 rings (SSSR count). The number of nitrogens with zero attached hydrogens (tertiary/aromatic N) is 1. The topological polar surface area (TPSA) is 57.8 Å². The van der Waals surface area contributed by atoms with Crippen molar-refractivity contribution in [1.82, 2.24) is 10.2 Å². The molecule has 1 aromatic heterocycles. The minimum Gasteiger partial charge on any atom is -0.324 e. The zero-order chi connectivity index (χ0) is 16.8. The summed E-state index contributed by atoms with van der Waals surface area (Å²) in [6, 6.07) is 7.83. The molecule has 1 heterocycles. The van der Waals surface area contributed by atoms with Crippen LogP contribution < -0.4 is 5.32 Å².